The van der Waals surface area contributed by atoms with Crippen LogP contribution in [0, 0.1) is 0 Å². The van der Waals surface area contributed by atoms with Crippen LogP contribution in [0.4, 0.5) is 0 Å². The molecule has 0 spiro atoms. The second-order valence-corrected chi connectivity index (χ2v) is 7.75. The quantitative estimate of drug-likeness (QED) is 0.118. The maximum Gasteiger partial charge on any atom is 0.328 e. The minimum Gasteiger partial charge on any atom is -0.480 e. The Morgan fingerprint density at radius 3 is 1.97 bits per heavy atom. The van der Waals surface area contributed by atoms with E-state index in [4.69, 9.17) is 16.6 Å². The highest BCUT2D eigenvalue weighted by atomic mass is 32.2. The average Bonchev–Trinajstić information content (AvgIpc) is 2.69. The third kappa shape index (κ3) is 11.0. The standard InChI is InChI=1S/C17H31N5O8S/c1-8(24)13(17(29)30)22-16(28)11(7-23)21-15(27)10(3-4-12(19)25)20-14(26)9(18)5-6-31-2/h8-11,13,23-24H,3-7,18H2,1-2H3,(H2,19,25)(H,20,26)(H,21,27)(H,22,28)(H,29,30). The Morgan fingerprint density at radius 1 is 0.968 bits per heavy atom. The van der Waals surface area contributed by atoms with Crippen LogP contribution < -0.4 is 27.4 Å². The van der Waals surface area contributed by atoms with Crippen LogP contribution in [0.2, 0.25) is 0 Å². The normalized spacial score (nSPS) is 15.6. The van der Waals surface area contributed by atoms with Crippen LogP contribution in [0.1, 0.15) is 26.2 Å². The number of hydrogen-bond donors (Lipinski definition) is 8. The van der Waals surface area contributed by atoms with Gasteiger partial charge in [-0.05, 0) is 31.8 Å². The number of nitrogens with one attached hydrogen (secondary N) is 3. The molecule has 0 aliphatic rings. The molecule has 0 rings (SSSR count). The molecule has 0 radical (unpaired) electrons. The van der Waals surface area contributed by atoms with Gasteiger partial charge in [0.25, 0.3) is 0 Å². The molecule has 0 heterocycles. The van der Waals surface area contributed by atoms with E-state index < -0.39 is 66.5 Å². The highest BCUT2D eigenvalue weighted by Crippen LogP contribution is 2.03. The zero-order chi connectivity index (χ0) is 24.1. The zero-order valence-electron chi connectivity index (χ0n) is 17.4. The molecule has 0 fully saturated rings. The molecule has 0 saturated carbocycles. The summed E-state index contributed by atoms with van der Waals surface area (Å²) < 4.78 is 0. The number of hydrogen-bond acceptors (Lipinski definition) is 9. The van der Waals surface area contributed by atoms with Gasteiger partial charge in [-0.25, -0.2) is 4.79 Å². The number of rotatable bonds is 15. The Kier molecular flexibility index (Phi) is 13.4. The molecule has 0 aromatic carbocycles. The van der Waals surface area contributed by atoms with Crippen molar-refractivity contribution < 1.29 is 39.3 Å². The Hall–Kier alpha value is -2.42. The molecule has 0 aromatic heterocycles. The van der Waals surface area contributed by atoms with Crippen molar-refractivity contribution in [2.75, 3.05) is 18.6 Å². The molecule has 4 amide bonds. The summed E-state index contributed by atoms with van der Waals surface area (Å²) in [7, 11) is 0. The van der Waals surface area contributed by atoms with E-state index in [1.54, 1.807) is 0 Å². The van der Waals surface area contributed by atoms with E-state index in [0.717, 1.165) is 6.92 Å². The molecular weight excluding hydrogens is 434 g/mol. The summed E-state index contributed by atoms with van der Waals surface area (Å²) in [4.78, 5) is 59.2. The van der Waals surface area contributed by atoms with Gasteiger partial charge in [0.1, 0.15) is 12.1 Å². The number of nitrogens with two attached hydrogens (primary N) is 2. The number of carbonyl (C=O) groups is 5. The third-order valence-corrected chi connectivity index (χ3v) is 4.79. The van der Waals surface area contributed by atoms with E-state index in [9.17, 15) is 34.2 Å². The summed E-state index contributed by atoms with van der Waals surface area (Å²) in [5, 5.41) is 34.5. The molecule has 0 saturated heterocycles. The van der Waals surface area contributed by atoms with Crippen LogP contribution in [-0.2, 0) is 24.0 Å². The summed E-state index contributed by atoms with van der Waals surface area (Å²) in [6.45, 7) is 0.245. The Balaban J connectivity index is 5.25. The van der Waals surface area contributed by atoms with Crippen molar-refractivity contribution in [2.45, 2.75) is 56.5 Å². The number of carboxylic acid groups (broad SMARTS) is 1. The molecule has 5 atom stereocenters. The second kappa shape index (κ2) is 14.6. The van der Waals surface area contributed by atoms with Gasteiger partial charge in [0.05, 0.1) is 18.8 Å². The topological polar surface area (TPSA) is 234 Å². The number of primary amides is 1. The molecule has 5 unspecified atom stereocenters. The molecule has 0 bridgehead atoms. The second-order valence-electron chi connectivity index (χ2n) is 6.76. The molecule has 0 aliphatic carbocycles. The first-order chi connectivity index (χ1) is 14.4. The number of amides is 4. The van der Waals surface area contributed by atoms with Gasteiger partial charge in [-0.2, -0.15) is 11.8 Å². The number of aliphatic carboxylic acids is 1. The van der Waals surface area contributed by atoms with E-state index in [1.165, 1.54) is 11.8 Å². The van der Waals surface area contributed by atoms with Gasteiger partial charge in [0, 0.05) is 6.42 Å². The molecule has 10 N–H and O–H groups in total. The lowest BCUT2D eigenvalue weighted by Gasteiger charge is -2.24. The van der Waals surface area contributed by atoms with Crippen molar-refractivity contribution in [1.29, 1.82) is 0 Å². The molecular formula is C17H31N5O8S. The van der Waals surface area contributed by atoms with Crippen LogP contribution in [-0.4, -0.2) is 93.8 Å². The smallest absolute Gasteiger partial charge is 0.328 e. The van der Waals surface area contributed by atoms with Gasteiger partial charge in [-0.1, -0.05) is 0 Å². The summed E-state index contributed by atoms with van der Waals surface area (Å²) in [6, 6.07) is -5.44. The first-order valence-electron chi connectivity index (χ1n) is 9.40. The number of aliphatic hydroxyl groups is 2. The Labute approximate surface area is 183 Å². The van der Waals surface area contributed by atoms with Gasteiger partial charge in [0.15, 0.2) is 6.04 Å². The SMILES string of the molecule is CSCCC(N)C(=O)NC(CCC(N)=O)C(=O)NC(CO)C(=O)NC(C(=O)O)C(C)O. The van der Waals surface area contributed by atoms with Crippen molar-refractivity contribution in [3.63, 3.8) is 0 Å². The van der Waals surface area contributed by atoms with E-state index >= 15 is 0 Å². The number of carboxylic acids is 1. The summed E-state index contributed by atoms with van der Waals surface area (Å²) >= 11 is 1.48. The monoisotopic (exact) mass is 465 g/mol. The van der Waals surface area contributed by atoms with Crippen LogP contribution in [0.15, 0.2) is 0 Å². The first-order valence-corrected chi connectivity index (χ1v) is 10.8. The number of thioether (sulfide) groups is 1. The Morgan fingerprint density at radius 2 is 1.52 bits per heavy atom. The molecule has 0 aliphatic heterocycles. The predicted molar refractivity (Wildman–Crippen MR) is 112 cm³/mol. The molecule has 178 valence electrons. The van der Waals surface area contributed by atoms with Crippen molar-refractivity contribution >= 4 is 41.4 Å². The highest BCUT2D eigenvalue weighted by Gasteiger charge is 2.31. The largest absolute Gasteiger partial charge is 0.480 e. The predicted octanol–water partition coefficient (Wildman–Crippen LogP) is -3.76. The summed E-state index contributed by atoms with van der Waals surface area (Å²) in [5.41, 5.74) is 10.9. The lowest BCUT2D eigenvalue weighted by Crippen LogP contribution is -2.59. The van der Waals surface area contributed by atoms with E-state index in [-0.39, 0.29) is 12.8 Å². The lowest BCUT2D eigenvalue weighted by molar-refractivity contribution is -0.145. The highest BCUT2D eigenvalue weighted by molar-refractivity contribution is 7.98. The average molecular weight is 466 g/mol. The zero-order valence-corrected chi connectivity index (χ0v) is 18.2. The fourth-order valence-corrected chi connectivity index (χ4v) is 2.81. The van der Waals surface area contributed by atoms with E-state index in [1.807, 2.05) is 11.6 Å². The van der Waals surface area contributed by atoms with E-state index in [2.05, 4.69) is 10.6 Å². The van der Waals surface area contributed by atoms with Crippen LogP contribution >= 0.6 is 11.8 Å². The Bertz CT molecular complexity index is 648. The molecule has 13 nitrogen and oxygen atoms in total. The summed E-state index contributed by atoms with van der Waals surface area (Å²) in [5.74, 6) is -4.27. The molecule has 0 aromatic rings. The van der Waals surface area contributed by atoms with Crippen LogP contribution in [0.5, 0.6) is 0 Å². The lowest BCUT2D eigenvalue weighted by atomic mass is 10.1. The van der Waals surface area contributed by atoms with E-state index in [0.29, 0.717) is 12.2 Å². The van der Waals surface area contributed by atoms with Crippen molar-refractivity contribution in [3.05, 3.63) is 0 Å². The maximum atomic E-state index is 12.6. The fraction of sp³-hybridized carbons (Fsp3) is 0.706. The van der Waals surface area contributed by atoms with Gasteiger partial charge in [-0.15, -0.1) is 0 Å². The minimum atomic E-state index is -1.67. The fourth-order valence-electron chi connectivity index (χ4n) is 2.32. The molecule has 14 heteroatoms. The first kappa shape index (κ1) is 28.6. The van der Waals surface area contributed by atoms with Gasteiger partial charge < -0.3 is 42.7 Å². The molecule has 31 heavy (non-hydrogen) atoms. The van der Waals surface area contributed by atoms with Gasteiger partial charge in [-0.3, -0.25) is 19.2 Å². The van der Waals surface area contributed by atoms with Gasteiger partial charge in [0.2, 0.25) is 23.6 Å². The van der Waals surface area contributed by atoms with Crippen molar-refractivity contribution in [1.82, 2.24) is 16.0 Å². The third-order valence-electron chi connectivity index (χ3n) is 4.14. The number of carbonyl (C=O) groups excluding carboxylic acids is 4. The summed E-state index contributed by atoms with van der Waals surface area (Å²) in [6.07, 6.45) is 0.293. The van der Waals surface area contributed by atoms with Crippen LogP contribution in [0.25, 0.3) is 0 Å². The van der Waals surface area contributed by atoms with Crippen molar-refractivity contribution in [2.24, 2.45) is 11.5 Å². The van der Waals surface area contributed by atoms with Crippen molar-refractivity contribution in [3.8, 4) is 0 Å². The van der Waals surface area contributed by atoms with Crippen LogP contribution in [0.3, 0.4) is 0 Å². The minimum absolute atomic E-state index is 0.187. The van der Waals surface area contributed by atoms with Gasteiger partial charge >= 0.3 is 5.97 Å². The maximum absolute atomic E-state index is 12.6. The number of aliphatic hydroxyl groups excluding tert-OH is 2.